The van der Waals surface area contributed by atoms with Gasteiger partial charge in [0.15, 0.2) is 5.78 Å². The first-order valence-corrected chi connectivity index (χ1v) is 10.0. The summed E-state index contributed by atoms with van der Waals surface area (Å²) < 4.78 is 5.33. The molecule has 1 aromatic heterocycles. The Balaban J connectivity index is 1.47. The molecule has 0 spiro atoms. The van der Waals surface area contributed by atoms with Crippen LogP contribution in [0.1, 0.15) is 39.9 Å². The number of piperidine rings is 1. The van der Waals surface area contributed by atoms with Gasteiger partial charge in [0.05, 0.1) is 0 Å². The number of Topliss-reactive ketones (excluding diaryl/α,β-unsaturated/α-hetero) is 1. The Morgan fingerprint density at radius 2 is 1.79 bits per heavy atom. The summed E-state index contributed by atoms with van der Waals surface area (Å²) in [4.78, 5) is 27.1. The molecule has 2 heterocycles. The normalized spacial score (nSPS) is 15.7. The van der Waals surface area contributed by atoms with Crippen LogP contribution in [-0.2, 0) is 6.54 Å². The number of aromatic hydroxyl groups is 1. The number of likely N-dealkylation sites (tertiary alicyclic amines) is 1. The number of nitrogens with zero attached hydrogens (tertiary/aromatic N) is 1. The fraction of sp³-hybridized carbons (Fsp3) is 0.333. The average Bonchev–Trinajstić information content (AvgIpc) is 2.72. The lowest BCUT2D eigenvalue weighted by Gasteiger charge is -2.31. The first-order valence-electron chi connectivity index (χ1n) is 10.0. The number of phenolic OH excluding ortho intramolecular Hbond substituents is 1. The molecule has 0 amide bonds. The van der Waals surface area contributed by atoms with E-state index < -0.39 is 5.63 Å². The summed E-state index contributed by atoms with van der Waals surface area (Å²) >= 11 is 0. The van der Waals surface area contributed by atoms with Crippen LogP contribution in [0, 0.1) is 19.8 Å². The second kappa shape index (κ2) is 7.84. The summed E-state index contributed by atoms with van der Waals surface area (Å²) in [6, 6.07) is 12.7. The van der Waals surface area contributed by atoms with Crippen molar-refractivity contribution in [3.8, 4) is 5.75 Å². The number of rotatable bonds is 4. The second-order valence-electron chi connectivity index (χ2n) is 7.96. The molecule has 1 aliphatic heterocycles. The monoisotopic (exact) mass is 391 g/mol. The van der Waals surface area contributed by atoms with Crippen molar-refractivity contribution in [3.05, 3.63) is 75.1 Å². The van der Waals surface area contributed by atoms with Gasteiger partial charge in [-0.2, -0.15) is 0 Å². The molecule has 4 rings (SSSR count). The minimum atomic E-state index is -0.411. The van der Waals surface area contributed by atoms with Gasteiger partial charge in [-0.15, -0.1) is 0 Å². The number of carbonyl (C=O) groups is 1. The average molecular weight is 391 g/mol. The van der Waals surface area contributed by atoms with Gasteiger partial charge in [-0.05, 0) is 57.5 Å². The van der Waals surface area contributed by atoms with E-state index in [1.807, 2.05) is 31.2 Å². The minimum absolute atomic E-state index is 0.0470. The van der Waals surface area contributed by atoms with Gasteiger partial charge in [0.25, 0.3) is 0 Å². The van der Waals surface area contributed by atoms with Gasteiger partial charge in [-0.1, -0.05) is 29.8 Å². The summed E-state index contributed by atoms with van der Waals surface area (Å²) in [6.45, 7) is 6.00. The molecule has 2 aromatic carbocycles. The third-order valence-electron chi connectivity index (χ3n) is 5.91. The van der Waals surface area contributed by atoms with Crippen molar-refractivity contribution in [2.75, 3.05) is 13.1 Å². The molecule has 1 saturated heterocycles. The van der Waals surface area contributed by atoms with Crippen molar-refractivity contribution in [1.29, 1.82) is 0 Å². The van der Waals surface area contributed by atoms with Gasteiger partial charge in [0.1, 0.15) is 11.3 Å². The Morgan fingerprint density at radius 3 is 2.48 bits per heavy atom. The molecular formula is C24H25NO4. The summed E-state index contributed by atoms with van der Waals surface area (Å²) in [5.74, 6) is 0.389. The zero-order valence-corrected chi connectivity index (χ0v) is 16.8. The molecular weight excluding hydrogens is 366 g/mol. The molecule has 1 aliphatic rings. The fourth-order valence-electron chi connectivity index (χ4n) is 4.09. The summed E-state index contributed by atoms with van der Waals surface area (Å²) in [5, 5.41) is 10.8. The van der Waals surface area contributed by atoms with E-state index in [4.69, 9.17) is 4.42 Å². The summed E-state index contributed by atoms with van der Waals surface area (Å²) in [5.41, 5.74) is 3.43. The van der Waals surface area contributed by atoms with Crippen LogP contribution in [-0.4, -0.2) is 28.9 Å². The minimum Gasteiger partial charge on any atom is -0.508 e. The number of aryl methyl sites for hydroxylation is 2. The van der Waals surface area contributed by atoms with E-state index in [0.717, 1.165) is 48.0 Å². The zero-order chi connectivity index (χ0) is 20.5. The van der Waals surface area contributed by atoms with Gasteiger partial charge < -0.3 is 9.52 Å². The number of fused-ring (bicyclic) bond motifs is 1. The van der Waals surface area contributed by atoms with E-state index in [0.29, 0.717) is 17.7 Å². The van der Waals surface area contributed by atoms with Crippen molar-refractivity contribution in [2.24, 2.45) is 5.92 Å². The lowest BCUT2D eigenvalue weighted by molar-refractivity contribution is 0.0835. The maximum atomic E-state index is 12.8. The van der Waals surface area contributed by atoms with E-state index in [1.165, 1.54) is 6.07 Å². The Bertz CT molecular complexity index is 1110. The molecule has 0 bridgehead atoms. The van der Waals surface area contributed by atoms with Crippen LogP contribution in [0.2, 0.25) is 0 Å². The van der Waals surface area contributed by atoms with E-state index in [9.17, 15) is 14.7 Å². The molecule has 0 aliphatic carbocycles. The van der Waals surface area contributed by atoms with Gasteiger partial charge >= 0.3 is 5.63 Å². The van der Waals surface area contributed by atoms with Gasteiger partial charge in [-0.25, -0.2) is 4.79 Å². The quantitative estimate of drug-likeness (QED) is 0.533. The standard InChI is InChI=1S/C24H25NO4/c1-15-3-5-17(6-4-15)23(28)18-9-11-25(12-10-18)14-19-13-22(27)29-24-16(2)21(26)8-7-20(19)24/h3-8,13,18,26H,9-12,14H2,1-2H3. The van der Waals surface area contributed by atoms with Crippen LogP contribution in [0.5, 0.6) is 5.75 Å². The Labute approximate surface area is 169 Å². The molecule has 1 fully saturated rings. The van der Waals surface area contributed by atoms with E-state index in [1.54, 1.807) is 19.1 Å². The van der Waals surface area contributed by atoms with Crippen LogP contribution >= 0.6 is 0 Å². The molecule has 5 heteroatoms. The van der Waals surface area contributed by atoms with Crippen molar-refractivity contribution < 1.29 is 14.3 Å². The Kier molecular flexibility index (Phi) is 5.24. The molecule has 3 aromatic rings. The van der Waals surface area contributed by atoms with Crippen molar-refractivity contribution in [1.82, 2.24) is 4.90 Å². The second-order valence-corrected chi connectivity index (χ2v) is 7.96. The van der Waals surface area contributed by atoms with E-state index >= 15 is 0 Å². The number of phenols is 1. The maximum absolute atomic E-state index is 12.8. The third kappa shape index (κ3) is 3.96. The van der Waals surface area contributed by atoms with Gasteiger partial charge in [0, 0.05) is 35.0 Å². The molecule has 1 N–H and O–H groups in total. The Morgan fingerprint density at radius 1 is 1.10 bits per heavy atom. The highest BCUT2D eigenvalue weighted by Crippen LogP contribution is 2.29. The van der Waals surface area contributed by atoms with E-state index in [2.05, 4.69) is 4.90 Å². The number of hydrogen-bond acceptors (Lipinski definition) is 5. The molecule has 5 nitrogen and oxygen atoms in total. The predicted molar refractivity (Wildman–Crippen MR) is 112 cm³/mol. The summed E-state index contributed by atoms with van der Waals surface area (Å²) in [7, 11) is 0. The van der Waals surface area contributed by atoms with E-state index in [-0.39, 0.29) is 17.5 Å². The number of carbonyl (C=O) groups excluding carboxylic acids is 1. The number of benzene rings is 2. The summed E-state index contributed by atoms with van der Waals surface area (Å²) in [6.07, 6.45) is 1.62. The molecule has 150 valence electrons. The largest absolute Gasteiger partial charge is 0.508 e. The van der Waals surface area contributed by atoms with Crippen molar-refractivity contribution in [3.63, 3.8) is 0 Å². The lowest BCUT2D eigenvalue weighted by Crippen LogP contribution is -2.36. The first kappa shape index (κ1) is 19.4. The fourth-order valence-corrected chi connectivity index (χ4v) is 4.09. The van der Waals surface area contributed by atoms with Crippen molar-refractivity contribution in [2.45, 2.75) is 33.2 Å². The topological polar surface area (TPSA) is 70.8 Å². The lowest BCUT2D eigenvalue weighted by atomic mass is 9.88. The van der Waals surface area contributed by atoms with Crippen LogP contribution in [0.4, 0.5) is 0 Å². The maximum Gasteiger partial charge on any atom is 0.336 e. The molecule has 0 unspecified atom stereocenters. The molecule has 0 saturated carbocycles. The van der Waals surface area contributed by atoms with Crippen LogP contribution < -0.4 is 5.63 Å². The van der Waals surface area contributed by atoms with Crippen LogP contribution in [0.25, 0.3) is 11.0 Å². The molecule has 0 radical (unpaired) electrons. The third-order valence-corrected chi connectivity index (χ3v) is 5.91. The number of hydrogen-bond donors (Lipinski definition) is 1. The highest BCUT2D eigenvalue weighted by Gasteiger charge is 2.26. The van der Waals surface area contributed by atoms with Crippen LogP contribution in [0.15, 0.2) is 51.7 Å². The molecule has 29 heavy (non-hydrogen) atoms. The number of ketones is 1. The smallest absolute Gasteiger partial charge is 0.336 e. The molecule has 0 atom stereocenters. The Hall–Kier alpha value is -2.92. The predicted octanol–water partition coefficient (Wildman–Crippen LogP) is 4.21. The van der Waals surface area contributed by atoms with Gasteiger partial charge in [-0.3, -0.25) is 9.69 Å². The van der Waals surface area contributed by atoms with Crippen LogP contribution in [0.3, 0.4) is 0 Å². The van der Waals surface area contributed by atoms with Gasteiger partial charge in [0.2, 0.25) is 0 Å². The SMILES string of the molecule is Cc1ccc(C(=O)C2CCN(Cc3cc(=O)oc4c(C)c(O)ccc34)CC2)cc1. The highest BCUT2D eigenvalue weighted by atomic mass is 16.4. The first-order chi connectivity index (χ1) is 13.9. The zero-order valence-electron chi connectivity index (χ0n) is 16.8. The highest BCUT2D eigenvalue weighted by molar-refractivity contribution is 5.98. The van der Waals surface area contributed by atoms with Crippen molar-refractivity contribution >= 4 is 16.8 Å².